The van der Waals surface area contributed by atoms with E-state index in [2.05, 4.69) is 19.2 Å². The van der Waals surface area contributed by atoms with Crippen molar-refractivity contribution in [2.24, 2.45) is 0 Å². The number of hydrogen-bond acceptors (Lipinski definition) is 5. The van der Waals surface area contributed by atoms with Crippen LogP contribution in [-0.4, -0.2) is 47.4 Å². The van der Waals surface area contributed by atoms with Gasteiger partial charge in [0, 0.05) is 12.8 Å². The summed E-state index contributed by atoms with van der Waals surface area (Å²) in [7, 11) is 0. The molecule has 0 heterocycles. The summed E-state index contributed by atoms with van der Waals surface area (Å²) in [6.45, 7) is 4.93. The van der Waals surface area contributed by atoms with Gasteiger partial charge in [0.1, 0.15) is 0 Å². The second-order valence-corrected chi connectivity index (χ2v) is 18.9. The Morgan fingerprint density at radius 2 is 0.683 bits per heavy atom. The average molecular weight is 850 g/mol. The molecule has 0 aliphatic heterocycles. The molecule has 0 saturated carbocycles. The lowest BCUT2D eigenvalue weighted by Crippen LogP contribution is -2.45. The van der Waals surface area contributed by atoms with Crippen molar-refractivity contribution >= 4 is 11.9 Å². The fraction of sp³-hybridized carbons (Fsp3) is 0.963. The number of nitrogens with one attached hydrogen (secondary N) is 1. The number of ether oxygens (including phenoxy) is 1. The zero-order valence-electron chi connectivity index (χ0n) is 40.7. The minimum atomic E-state index is -0.672. The molecule has 0 saturated heterocycles. The van der Waals surface area contributed by atoms with Gasteiger partial charge < -0.3 is 20.3 Å². The summed E-state index contributed by atoms with van der Waals surface area (Å²) in [5, 5.41) is 23.2. The molecule has 0 spiro atoms. The van der Waals surface area contributed by atoms with Crippen LogP contribution in [0.15, 0.2) is 0 Å². The first-order chi connectivity index (χ1) is 29.5. The number of unbranched alkanes of at least 4 members (excludes halogenated alkanes) is 40. The smallest absolute Gasteiger partial charge is 0.305 e. The van der Waals surface area contributed by atoms with E-state index in [-0.39, 0.29) is 18.5 Å². The van der Waals surface area contributed by atoms with Crippen molar-refractivity contribution in [2.75, 3.05) is 13.2 Å². The predicted octanol–water partition coefficient (Wildman–Crippen LogP) is 16.4. The van der Waals surface area contributed by atoms with Gasteiger partial charge >= 0.3 is 5.97 Å². The lowest BCUT2D eigenvalue weighted by molar-refractivity contribution is -0.143. The Hall–Kier alpha value is -1.14. The van der Waals surface area contributed by atoms with Crippen molar-refractivity contribution in [1.82, 2.24) is 5.32 Å². The SMILES string of the molecule is CCCCCCCCCCCCCCCCCCCCCC(=O)OCCCCCCCCCCCCCCC(=O)NC(CO)C(O)CCCCCCCCCCCCCC. The molecule has 0 aliphatic carbocycles. The fourth-order valence-electron chi connectivity index (χ4n) is 8.70. The molecule has 0 rings (SSSR count). The number of amides is 1. The topological polar surface area (TPSA) is 95.9 Å². The molecule has 2 atom stereocenters. The van der Waals surface area contributed by atoms with Crippen molar-refractivity contribution in [2.45, 2.75) is 321 Å². The number of rotatable bonds is 51. The minimum Gasteiger partial charge on any atom is -0.466 e. The normalized spacial score (nSPS) is 12.5. The highest BCUT2D eigenvalue weighted by molar-refractivity contribution is 5.76. The molecular weight excluding hydrogens is 743 g/mol. The maximum atomic E-state index is 12.4. The van der Waals surface area contributed by atoms with Gasteiger partial charge in [0.15, 0.2) is 0 Å². The van der Waals surface area contributed by atoms with Crippen molar-refractivity contribution in [3.8, 4) is 0 Å². The molecule has 2 unspecified atom stereocenters. The minimum absolute atomic E-state index is 0.00387. The summed E-state index contributed by atoms with van der Waals surface area (Å²) in [6, 6.07) is -0.550. The number of carbonyl (C=O) groups excluding carboxylic acids is 2. The lowest BCUT2D eigenvalue weighted by Gasteiger charge is -2.22. The maximum Gasteiger partial charge on any atom is 0.305 e. The van der Waals surface area contributed by atoms with Crippen LogP contribution >= 0.6 is 0 Å². The highest BCUT2D eigenvalue weighted by atomic mass is 16.5. The first-order valence-corrected chi connectivity index (χ1v) is 27.3. The molecule has 6 heteroatoms. The van der Waals surface area contributed by atoms with E-state index in [4.69, 9.17) is 4.74 Å². The van der Waals surface area contributed by atoms with Crippen molar-refractivity contribution in [1.29, 1.82) is 0 Å². The lowest BCUT2D eigenvalue weighted by atomic mass is 10.0. The Bertz CT molecular complexity index is 852. The van der Waals surface area contributed by atoms with Gasteiger partial charge in [-0.1, -0.05) is 271 Å². The highest BCUT2D eigenvalue weighted by Crippen LogP contribution is 2.17. The van der Waals surface area contributed by atoms with Crippen LogP contribution in [0.5, 0.6) is 0 Å². The molecule has 358 valence electrons. The van der Waals surface area contributed by atoms with Crippen LogP contribution < -0.4 is 5.32 Å². The second-order valence-electron chi connectivity index (χ2n) is 18.9. The summed E-state index contributed by atoms with van der Waals surface area (Å²) in [4.78, 5) is 24.5. The second kappa shape index (κ2) is 50.5. The zero-order chi connectivity index (χ0) is 43.7. The molecule has 0 aliphatic rings. The van der Waals surface area contributed by atoms with Gasteiger partial charge in [-0.25, -0.2) is 0 Å². The van der Waals surface area contributed by atoms with Crippen molar-refractivity contribution in [3.63, 3.8) is 0 Å². The Morgan fingerprint density at radius 3 is 1.02 bits per heavy atom. The third-order valence-corrected chi connectivity index (χ3v) is 12.9. The molecular formula is C54H107NO5. The van der Waals surface area contributed by atoms with Gasteiger partial charge in [0.25, 0.3) is 0 Å². The number of carbonyl (C=O) groups is 2. The Balaban J connectivity index is 3.40. The largest absolute Gasteiger partial charge is 0.466 e. The molecule has 0 aromatic carbocycles. The number of hydrogen-bond donors (Lipinski definition) is 3. The van der Waals surface area contributed by atoms with E-state index in [0.29, 0.717) is 25.9 Å². The summed E-state index contributed by atoms with van der Waals surface area (Å²) in [5.74, 6) is -0.0530. The Labute approximate surface area is 375 Å². The molecule has 0 aromatic rings. The zero-order valence-corrected chi connectivity index (χ0v) is 40.7. The van der Waals surface area contributed by atoms with Crippen molar-refractivity contribution in [3.05, 3.63) is 0 Å². The summed E-state index contributed by atoms with van der Waals surface area (Å²) >= 11 is 0. The molecule has 6 nitrogen and oxygen atoms in total. The molecule has 60 heavy (non-hydrogen) atoms. The first-order valence-electron chi connectivity index (χ1n) is 27.3. The quantitative estimate of drug-likeness (QED) is 0.0418. The van der Waals surface area contributed by atoms with Crippen LogP contribution in [0.4, 0.5) is 0 Å². The van der Waals surface area contributed by atoms with E-state index < -0.39 is 12.1 Å². The third kappa shape index (κ3) is 46.4. The molecule has 0 fully saturated rings. The standard InChI is InChI=1S/C54H107NO5/c1-3-5-7-9-11-13-15-17-18-19-20-21-22-23-28-32-36-40-44-48-54(59)60-49-45-41-37-33-29-25-24-27-31-35-39-43-47-53(58)55-51(50-56)52(57)46-42-38-34-30-26-16-14-12-10-8-6-4-2/h51-52,56-57H,3-50H2,1-2H3,(H,55,58). The monoisotopic (exact) mass is 850 g/mol. The summed E-state index contributed by atoms with van der Waals surface area (Å²) in [6.07, 6.45) is 56.5. The summed E-state index contributed by atoms with van der Waals surface area (Å²) < 4.78 is 5.48. The van der Waals surface area contributed by atoms with E-state index in [9.17, 15) is 19.8 Å². The fourth-order valence-corrected chi connectivity index (χ4v) is 8.70. The van der Waals surface area contributed by atoms with Crippen LogP contribution in [-0.2, 0) is 14.3 Å². The molecule has 0 aromatic heterocycles. The Kier molecular flexibility index (Phi) is 49.5. The van der Waals surface area contributed by atoms with Crippen LogP contribution in [0.25, 0.3) is 0 Å². The number of aliphatic hydroxyl groups is 2. The van der Waals surface area contributed by atoms with Crippen molar-refractivity contribution < 1.29 is 24.5 Å². The van der Waals surface area contributed by atoms with Crippen LogP contribution in [0.1, 0.15) is 309 Å². The van der Waals surface area contributed by atoms with Gasteiger partial charge in [-0.2, -0.15) is 0 Å². The van der Waals surface area contributed by atoms with Gasteiger partial charge in [-0.05, 0) is 25.7 Å². The van der Waals surface area contributed by atoms with E-state index in [1.54, 1.807) is 0 Å². The van der Waals surface area contributed by atoms with Gasteiger partial charge in [0.05, 0.1) is 25.4 Å². The van der Waals surface area contributed by atoms with Crippen LogP contribution in [0.3, 0.4) is 0 Å². The summed E-state index contributed by atoms with van der Waals surface area (Å²) in [5.41, 5.74) is 0. The third-order valence-electron chi connectivity index (χ3n) is 12.9. The number of aliphatic hydroxyl groups excluding tert-OH is 2. The molecule has 3 N–H and O–H groups in total. The highest BCUT2D eigenvalue weighted by Gasteiger charge is 2.20. The maximum absolute atomic E-state index is 12.4. The van der Waals surface area contributed by atoms with E-state index in [1.807, 2.05) is 0 Å². The molecule has 0 bridgehead atoms. The Morgan fingerprint density at radius 1 is 0.400 bits per heavy atom. The number of esters is 1. The van der Waals surface area contributed by atoms with E-state index in [1.165, 1.54) is 218 Å². The van der Waals surface area contributed by atoms with E-state index in [0.717, 1.165) is 57.8 Å². The average Bonchev–Trinajstić information content (AvgIpc) is 3.25. The first kappa shape index (κ1) is 58.9. The van der Waals surface area contributed by atoms with Crippen LogP contribution in [0.2, 0.25) is 0 Å². The molecule has 1 amide bonds. The molecule has 0 radical (unpaired) electrons. The van der Waals surface area contributed by atoms with E-state index >= 15 is 0 Å². The predicted molar refractivity (Wildman–Crippen MR) is 260 cm³/mol. The van der Waals surface area contributed by atoms with Gasteiger partial charge in [0.2, 0.25) is 5.91 Å². The van der Waals surface area contributed by atoms with Gasteiger partial charge in [-0.15, -0.1) is 0 Å². The van der Waals surface area contributed by atoms with Gasteiger partial charge in [-0.3, -0.25) is 9.59 Å². The van der Waals surface area contributed by atoms with Crippen LogP contribution in [0, 0.1) is 0 Å².